The Labute approximate surface area is 128 Å². The van der Waals surface area contributed by atoms with Gasteiger partial charge in [0.2, 0.25) is 0 Å². The van der Waals surface area contributed by atoms with E-state index in [0.717, 1.165) is 24.2 Å². The number of aromatic carboxylic acids is 1. The molecule has 1 aliphatic rings. The zero-order valence-corrected chi connectivity index (χ0v) is 13.1. The van der Waals surface area contributed by atoms with Crippen LogP contribution in [0.3, 0.4) is 0 Å². The largest absolute Gasteiger partial charge is 0.483 e. The number of rotatable bonds is 5. The molecule has 116 valence electrons. The average molecular weight is 311 g/mol. The summed E-state index contributed by atoms with van der Waals surface area (Å²) in [5, 5.41) is 13.4. The van der Waals surface area contributed by atoms with E-state index in [2.05, 4.69) is 19.2 Å². The fourth-order valence-corrected chi connectivity index (χ4v) is 3.35. The summed E-state index contributed by atoms with van der Waals surface area (Å²) in [6.45, 7) is 4.32. The Balaban J connectivity index is 1.80. The molecule has 0 aromatic carbocycles. The summed E-state index contributed by atoms with van der Waals surface area (Å²) >= 11 is 1.09. The zero-order chi connectivity index (χ0) is 15.4. The van der Waals surface area contributed by atoms with Gasteiger partial charge in [0.05, 0.1) is 0 Å². The number of carbonyl (C=O) groups excluding carboxylic acids is 1. The molecule has 3 unspecified atom stereocenters. The third-order valence-corrected chi connectivity index (χ3v) is 5.11. The molecule has 5 nitrogen and oxygen atoms in total. The van der Waals surface area contributed by atoms with Gasteiger partial charge in [0.15, 0.2) is 6.61 Å². The lowest BCUT2D eigenvalue weighted by Crippen LogP contribution is -2.45. The fourth-order valence-electron chi connectivity index (χ4n) is 2.69. The van der Waals surface area contributed by atoms with Gasteiger partial charge in [0.25, 0.3) is 5.91 Å². The predicted molar refractivity (Wildman–Crippen MR) is 80.9 cm³/mol. The van der Waals surface area contributed by atoms with Crippen LogP contribution in [0, 0.1) is 11.8 Å². The lowest BCUT2D eigenvalue weighted by atomic mass is 9.78. The van der Waals surface area contributed by atoms with Crippen LogP contribution >= 0.6 is 11.3 Å². The van der Waals surface area contributed by atoms with Crippen molar-refractivity contribution in [1.29, 1.82) is 0 Å². The molecule has 1 aliphatic carbocycles. The van der Waals surface area contributed by atoms with Gasteiger partial charge in [-0.2, -0.15) is 0 Å². The first-order valence-electron chi connectivity index (χ1n) is 7.21. The monoisotopic (exact) mass is 311 g/mol. The molecule has 3 atom stereocenters. The highest BCUT2D eigenvalue weighted by molar-refractivity contribution is 7.12. The smallest absolute Gasteiger partial charge is 0.346 e. The van der Waals surface area contributed by atoms with E-state index in [-0.39, 0.29) is 23.4 Å². The molecule has 1 heterocycles. The number of thiophene rings is 1. The Hall–Kier alpha value is -1.56. The molecule has 2 rings (SSSR count). The van der Waals surface area contributed by atoms with Crippen LogP contribution in [0.4, 0.5) is 0 Å². The van der Waals surface area contributed by atoms with Gasteiger partial charge >= 0.3 is 5.97 Å². The molecule has 6 heteroatoms. The van der Waals surface area contributed by atoms with Crippen molar-refractivity contribution in [3.63, 3.8) is 0 Å². The van der Waals surface area contributed by atoms with Crippen LogP contribution in [0.1, 0.15) is 42.8 Å². The van der Waals surface area contributed by atoms with Gasteiger partial charge in [-0.3, -0.25) is 4.79 Å². The Morgan fingerprint density at radius 3 is 2.86 bits per heavy atom. The van der Waals surface area contributed by atoms with Crippen LogP contribution in [0.15, 0.2) is 11.4 Å². The van der Waals surface area contributed by atoms with Crippen molar-refractivity contribution in [2.75, 3.05) is 6.61 Å². The van der Waals surface area contributed by atoms with E-state index in [4.69, 9.17) is 9.84 Å². The minimum absolute atomic E-state index is 0.0760. The molecule has 2 N–H and O–H groups in total. The van der Waals surface area contributed by atoms with Crippen LogP contribution in [0.5, 0.6) is 5.75 Å². The van der Waals surface area contributed by atoms with Gasteiger partial charge < -0.3 is 15.2 Å². The second kappa shape index (κ2) is 6.93. The molecule has 1 amide bonds. The Morgan fingerprint density at radius 1 is 1.43 bits per heavy atom. The highest BCUT2D eigenvalue weighted by Crippen LogP contribution is 2.29. The van der Waals surface area contributed by atoms with Gasteiger partial charge in [-0.05, 0) is 18.3 Å². The average Bonchev–Trinajstić information content (AvgIpc) is 2.91. The molecule has 1 aromatic rings. The number of carbonyl (C=O) groups is 2. The normalized spacial score (nSPS) is 25.3. The molecule has 0 spiro atoms. The number of carboxylic acids is 1. The molecule has 0 saturated heterocycles. The number of hydrogen-bond acceptors (Lipinski definition) is 4. The van der Waals surface area contributed by atoms with Crippen molar-refractivity contribution in [3.8, 4) is 5.75 Å². The highest BCUT2D eigenvalue weighted by Gasteiger charge is 2.28. The predicted octanol–water partition coefficient (Wildman–Crippen LogP) is 2.77. The molecule has 1 fully saturated rings. The van der Waals surface area contributed by atoms with Crippen LogP contribution < -0.4 is 10.1 Å². The lowest BCUT2D eigenvalue weighted by molar-refractivity contribution is -0.124. The topological polar surface area (TPSA) is 75.6 Å². The second-order valence-corrected chi connectivity index (χ2v) is 6.59. The maximum absolute atomic E-state index is 11.9. The highest BCUT2D eigenvalue weighted by atomic mass is 32.1. The van der Waals surface area contributed by atoms with Crippen LogP contribution in [0.25, 0.3) is 0 Å². The van der Waals surface area contributed by atoms with E-state index in [1.54, 1.807) is 5.38 Å². The Kier molecular flexibility index (Phi) is 5.22. The third-order valence-electron chi connectivity index (χ3n) is 4.21. The summed E-state index contributed by atoms with van der Waals surface area (Å²) < 4.78 is 5.34. The van der Waals surface area contributed by atoms with Crippen molar-refractivity contribution in [2.24, 2.45) is 11.8 Å². The van der Waals surface area contributed by atoms with Crippen molar-refractivity contribution >= 4 is 23.2 Å². The molecule has 0 radical (unpaired) electrons. The van der Waals surface area contributed by atoms with Crippen molar-refractivity contribution in [3.05, 3.63) is 16.3 Å². The fraction of sp³-hybridized carbons (Fsp3) is 0.600. The molecule has 1 saturated carbocycles. The van der Waals surface area contributed by atoms with E-state index in [9.17, 15) is 9.59 Å². The SMILES string of the molecule is CC1CCCC(NC(=O)COc2csc(C(=O)O)c2)C1C. The second-order valence-electron chi connectivity index (χ2n) is 5.68. The van der Waals surface area contributed by atoms with E-state index in [0.29, 0.717) is 17.6 Å². The first kappa shape index (κ1) is 15.8. The van der Waals surface area contributed by atoms with Gasteiger partial charge in [0, 0.05) is 17.5 Å². The number of carboxylic acid groups (broad SMARTS) is 1. The molecule has 0 bridgehead atoms. The summed E-state index contributed by atoms with van der Waals surface area (Å²) in [5.74, 6) is 0.397. The zero-order valence-electron chi connectivity index (χ0n) is 12.3. The van der Waals surface area contributed by atoms with E-state index in [1.807, 2.05) is 0 Å². The summed E-state index contributed by atoms with van der Waals surface area (Å²) in [6.07, 6.45) is 3.37. The molecular formula is C15H21NO4S. The van der Waals surface area contributed by atoms with Gasteiger partial charge in [-0.1, -0.05) is 26.7 Å². The number of ether oxygens (including phenoxy) is 1. The van der Waals surface area contributed by atoms with Gasteiger partial charge in [-0.25, -0.2) is 4.79 Å². The maximum atomic E-state index is 11.9. The quantitative estimate of drug-likeness (QED) is 0.876. The summed E-state index contributed by atoms with van der Waals surface area (Å²) in [7, 11) is 0. The van der Waals surface area contributed by atoms with Crippen LogP contribution in [-0.4, -0.2) is 29.6 Å². The lowest BCUT2D eigenvalue weighted by Gasteiger charge is -2.34. The van der Waals surface area contributed by atoms with Crippen molar-refractivity contribution in [1.82, 2.24) is 5.32 Å². The van der Waals surface area contributed by atoms with Crippen molar-refractivity contribution in [2.45, 2.75) is 39.2 Å². The first-order chi connectivity index (χ1) is 9.97. The Bertz CT molecular complexity index is 514. The minimum Gasteiger partial charge on any atom is -0.483 e. The molecule has 21 heavy (non-hydrogen) atoms. The van der Waals surface area contributed by atoms with E-state index < -0.39 is 5.97 Å². The molecular weight excluding hydrogens is 290 g/mol. The third kappa shape index (κ3) is 4.20. The first-order valence-corrected chi connectivity index (χ1v) is 8.09. The van der Waals surface area contributed by atoms with Crippen molar-refractivity contribution < 1.29 is 19.4 Å². The van der Waals surface area contributed by atoms with Crippen LogP contribution in [-0.2, 0) is 4.79 Å². The number of amides is 1. The Morgan fingerprint density at radius 2 is 2.19 bits per heavy atom. The number of hydrogen-bond donors (Lipinski definition) is 2. The molecule has 1 aromatic heterocycles. The maximum Gasteiger partial charge on any atom is 0.346 e. The summed E-state index contributed by atoms with van der Waals surface area (Å²) in [6, 6.07) is 1.65. The summed E-state index contributed by atoms with van der Waals surface area (Å²) in [5.41, 5.74) is 0. The number of nitrogens with one attached hydrogen (secondary N) is 1. The van der Waals surface area contributed by atoms with Gasteiger partial charge in [0.1, 0.15) is 10.6 Å². The van der Waals surface area contributed by atoms with Crippen LogP contribution in [0.2, 0.25) is 0 Å². The standard InChI is InChI=1S/C15H21NO4S/c1-9-4-3-5-12(10(9)2)16-14(17)7-20-11-6-13(15(18)19)21-8-11/h6,8-10,12H,3-5,7H2,1-2H3,(H,16,17)(H,18,19). The van der Waals surface area contributed by atoms with E-state index >= 15 is 0 Å². The van der Waals surface area contributed by atoms with E-state index in [1.165, 1.54) is 12.5 Å². The summed E-state index contributed by atoms with van der Waals surface area (Å²) in [4.78, 5) is 22.9. The van der Waals surface area contributed by atoms with Gasteiger partial charge in [-0.15, -0.1) is 11.3 Å². The minimum atomic E-state index is -0.982. The molecule has 0 aliphatic heterocycles.